The van der Waals surface area contributed by atoms with E-state index in [0.717, 1.165) is 12.2 Å². The quantitative estimate of drug-likeness (QED) is 0.282. The Morgan fingerprint density at radius 2 is 1.21 bits per heavy atom. The normalized spacial score (nSPS) is 10.9. The molecule has 0 saturated heterocycles. The van der Waals surface area contributed by atoms with Crippen LogP contribution in [0.25, 0.3) is 0 Å². The van der Waals surface area contributed by atoms with Gasteiger partial charge in [-0.3, -0.25) is 0 Å². The maximum atomic E-state index is 5.38. The second-order valence-corrected chi connectivity index (χ2v) is 6.98. The third-order valence-corrected chi connectivity index (χ3v) is 4.81. The van der Waals surface area contributed by atoms with Crippen molar-refractivity contribution in [3.05, 3.63) is 36.2 Å². The van der Waals surface area contributed by atoms with Crippen LogP contribution in [0.2, 0.25) is 0 Å². The molecule has 0 aliphatic carbocycles. The minimum absolute atomic E-state index is 0.993. The highest BCUT2D eigenvalue weighted by Crippen LogP contribution is 2.21. The Kier molecular flexibility index (Phi) is 13.6. The average molecular weight is 332 g/mol. The van der Waals surface area contributed by atoms with Gasteiger partial charge in [0.05, 0.1) is 7.11 Å². The molecule has 24 heavy (non-hydrogen) atoms. The van der Waals surface area contributed by atoms with Gasteiger partial charge in [-0.15, -0.1) is 0 Å². The SMILES string of the molecule is CCCCCCCCCCCCCCC[CH]c1ccccc1OC. The van der Waals surface area contributed by atoms with Crippen molar-refractivity contribution in [1.29, 1.82) is 0 Å². The minimum Gasteiger partial charge on any atom is -0.496 e. The summed E-state index contributed by atoms with van der Waals surface area (Å²) in [5, 5.41) is 0. The molecular weight excluding hydrogens is 292 g/mol. The fourth-order valence-electron chi connectivity index (χ4n) is 3.25. The van der Waals surface area contributed by atoms with E-state index >= 15 is 0 Å². The maximum Gasteiger partial charge on any atom is 0.122 e. The number of hydrogen-bond donors (Lipinski definition) is 0. The number of ether oxygens (including phenoxy) is 1. The molecule has 0 heterocycles. The molecule has 0 aliphatic rings. The van der Waals surface area contributed by atoms with Crippen LogP contribution in [0.15, 0.2) is 24.3 Å². The third-order valence-electron chi connectivity index (χ3n) is 4.81. The van der Waals surface area contributed by atoms with Gasteiger partial charge >= 0.3 is 0 Å². The number of rotatable bonds is 16. The van der Waals surface area contributed by atoms with Gasteiger partial charge in [0.15, 0.2) is 0 Å². The van der Waals surface area contributed by atoms with Crippen molar-refractivity contribution in [3.63, 3.8) is 0 Å². The monoisotopic (exact) mass is 331 g/mol. The van der Waals surface area contributed by atoms with Gasteiger partial charge in [0.1, 0.15) is 5.75 Å². The Hall–Kier alpha value is -0.980. The Morgan fingerprint density at radius 3 is 1.75 bits per heavy atom. The van der Waals surface area contributed by atoms with E-state index in [4.69, 9.17) is 4.74 Å². The van der Waals surface area contributed by atoms with Crippen LogP contribution in [-0.2, 0) is 0 Å². The lowest BCUT2D eigenvalue weighted by molar-refractivity contribution is 0.412. The Morgan fingerprint density at radius 1 is 0.708 bits per heavy atom. The molecule has 0 aromatic heterocycles. The van der Waals surface area contributed by atoms with Crippen LogP contribution in [-0.4, -0.2) is 7.11 Å². The van der Waals surface area contributed by atoms with E-state index in [-0.39, 0.29) is 0 Å². The molecule has 0 bridgehead atoms. The Bertz CT molecular complexity index is 385. The van der Waals surface area contributed by atoms with Crippen molar-refractivity contribution in [2.45, 2.75) is 96.8 Å². The second-order valence-electron chi connectivity index (χ2n) is 6.98. The van der Waals surface area contributed by atoms with Gasteiger partial charge in [-0.05, 0) is 24.5 Å². The lowest BCUT2D eigenvalue weighted by atomic mass is 10.0. The lowest BCUT2D eigenvalue weighted by Gasteiger charge is -2.07. The lowest BCUT2D eigenvalue weighted by Crippen LogP contribution is -1.90. The summed E-state index contributed by atoms with van der Waals surface area (Å²) in [5.74, 6) is 0.993. The van der Waals surface area contributed by atoms with Gasteiger partial charge in [-0.1, -0.05) is 109 Å². The molecule has 1 rings (SSSR count). The smallest absolute Gasteiger partial charge is 0.122 e. The van der Waals surface area contributed by atoms with E-state index in [0.29, 0.717) is 0 Å². The summed E-state index contributed by atoms with van der Waals surface area (Å²) in [5.41, 5.74) is 1.24. The highest BCUT2D eigenvalue weighted by Gasteiger charge is 2.01. The molecular formula is C23H39O. The summed E-state index contributed by atoms with van der Waals surface area (Å²) >= 11 is 0. The third kappa shape index (κ3) is 10.7. The molecule has 1 heteroatoms. The van der Waals surface area contributed by atoms with Crippen LogP contribution in [0, 0.1) is 6.42 Å². The Labute approximate surface area is 151 Å². The van der Waals surface area contributed by atoms with Crippen molar-refractivity contribution in [2.75, 3.05) is 7.11 Å². The number of benzene rings is 1. The van der Waals surface area contributed by atoms with Gasteiger partial charge < -0.3 is 4.74 Å². The molecule has 0 saturated carbocycles. The van der Waals surface area contributed by atoms with Gasteiger partial charge in [0.2, 0.25) is 0 Å². The second kappa shape index (κ2) is 15.5. The van der Waals surface area contributed by atoms with Crippen LogP contribution in [0.4, 0.5) is 0 Å². The molecule has 0 unspecified atom stereocenters. The van der Waals surface area contributed by atoms with Crippen molar-refractivity contribution in [2.24, 2.45) is 0 Å². The molecule has 0 aliphatic heterocycles. The van der Waals surface area contributed by atoms with E-state index in [2.05, 4.69) is 25.5 Å². The van der Waals surface area contributed by atoms with Gasteiger partial charge in [-0.25, -0.2) is 0 Å². The molecule has 1 radical (unpaired) electrons. The number of unbranched alkanes of at least 4 members (excludes halogenated alkanes) is 13. The summed E-state index contributed by atoms with van der Waals surface area (Å²) < 4.78 is 5.38. The number of hydrogen-bond acceptors (Lipinski definition) is 1. The molecule has 0 atom stereocenters. The first kappa shape index (κ1) is 21.1. The first-order valence-corrected chi connectivity index (χ1v) is 10.3. The highest BCUT2D eigenvalue weighted by molar-refractivity contribution is 5.38. The van der Waals surface area contributed by atoms with E-state index < -0.39 is 0 Å². The first-order valence-electron chi connectivity index (χ1n) is 10.3. The molecule has 1 aromatic rings. The van der Waals surface area contributed by atoms with Crippen LogP contribution in [0.1, 0.15) is 102 Å². The summed E-state index contributed by atoms with van der Waals surface area (Å²) in [6, 6.07) is 8.29. The predicted molar refractivity (Wildman–Crippen MR) is 107 cm³/mol. The molecule has 0 N–H and O–H groups in total. The fraction of sp³-hybridized carbons (Fsp3) is 0.696. The molecule has 137 valence electrons. The van der Waals surface area contributed by atoms with Crippen molar-refractivity contribution < 1.29 is 4.74 Å². The minimum atomic E-state index is 0.993. The van der Waals surface area contributed by atoms with Crippen molar-refractivity contribution in [1.82, 2.24) is 0 Å². The van der Waals surface area contributed by atoms with Crippen molar-refractivity contribution >= 4 is 0 Å². The van der Waals surface area contributed by atoms with Gasteiger partial charge in [0.25, 0.3) is 0 Å². The highest BCUT2D eigenvalue weighted by atomic mass is 16.5. The standard InChI is InChI=1S/C23H39O/c1-3-4-5-6-7-8-9-10-11-12-13-14-15-16-19-22-20-17-18-21-23(22)24-2/h17-21H,3-16H2,1-2H3. The van der Waals surface area contributed by atoms with E-state index in [9.17, 15) is 0 Å². The molecule has 0 amide bonds. The maximum absolute atomic E-state index is 5.38. The zero-order valence-electron chi connectivity index (χ0n) is 16.2. The summed E-state index contributed by atoms with van der Waals surface area (Å²) in [4.78, 5) is 0. The van der Waals surface area contributed by atoms with Crippen LogP contribution in [0.5, 0.6) is 5.75 Å². The van der Waals surface area contributed by atoms with Gasteiger partial charge in [-0.2, -0.15) is 0 Å². The Balaban J connectivity index is 1.84. The summed E-state index contributed by atoms with van der Waals surface area (Å²) in [7, 11) is 1.75. The molecule has 1 nitrogen and oxygen atoms in total. The zero-order chi connectivity index (χ0) is 17.3. The zero-order valence-corrected chi connectivity index (χ0v) is 16.2. The molecule has 1 aromatic carbocycles. The fourth-order valence-corrected chi connectivity index (χ4v) is 3.25. The van der Waals surface area contributed by atoms with Crippen LogP contribution < -0.4 is 4.74 Å². The van der Waals surface area contributed by atoms with E-state index in [1.807, 2.05) is 12.1 Å². The first-order chi connectivity index (χ1) is 11.9. The van der Waals surface area contributed by atoms with Gasteiger partial charge in [0, 0.05) is 0 Å². The number of para-hydroxylation sites is 1. The van der Waals surface area contributed by atoms with E-state index in [1.54, 1.807) is 7.11 Å². The summed E-state index contributed by atoms with van der Waals surface area (Å²) in [6.45, 7) is 2.29. The molecule has 0 fully saturated rings. The van der Waals surface area contributed by atoms with E-state index in [1.165, 1.54) is 89.0 Å². The number of methoxy groups -OCH3 is 1. The largest absolute Gasteiger partial charge is 0.496 e. The van der Waals surface area contributed by atoms with Crippen molar-refractivity contribution in [3.8, 4) is 5.75 Å². The summed E-state index contributed by atoms with van der Waals surface area (Å²) in [6.07, 6.45) is 21.9. The van der Waals surface area contributed by atoms with Crippen LogP contribution >= 0.6 is 0 Å². The predicted octanol–water partition coefficient (Wildman–Crippen LogP) is 7.73. The topological polar surface area (TPSA) is 9.23 Å². The van der Waals surface area contributed by atoms with Crippen LogP contribution in [0.3, 0.4) is 0 Å². The molecule has 0 spiro atoms. The average Bonchev–Trinajstić information content (AvgIpc) is 2.62.